The minimum absolute atomic E-state index is 0.136. The van der Waals surface area contributed by atoms with Gasteiger partial charge >= 0.3 is 6.03 Å². The smallest absolute Gasteiger partial charge is 0.321 e. The molecule has 0 unspecified atom stereocenters. The fourth-order valence-electron chi connectivity index (χ4n) is 1.77. The van der Waals surface area contributed by atoms with Gasteiger partial charge in [-0.25, -0.2) is 4.79 Å². The number of nitrogens with one attached hydrogen (secondary N) is 1. The van der Waals surface area contributed by atoms with E-state index in [1.54, 1.807) is 24.3 Å². The first-order valence-corrected chi connectivity index (χ1v) is 7.03. The Balaban J connectivity index is 2.02. The molecule has 0 bridgehead atoms. The Hall–Kier alpha value is -1.88. The highest BCUT2D eigenvalue weighted by atomic mass is 79.9. The Kier molecular flexibility index (Phi) is 4.74. The monoisotopic (exact) mass is 333 g/mol. The first-order valence-electron chi connectivity index (χ1n) is 6.23. The molecule has 0 spiro atoms. The van der Waals surface area contributed by atoms with Crippen LogP contribution >= 0.6 is 15.9 Å². The van der Waals surface area contributed by atoms with Gasteiger partial charge in [0, 0.05) is 36.1 Å². The van der Waals surface area contributed by atoms with Gasteiger partial charge in [-0.3, -0.25) is 4.98 Å². The molecule has 2 aromatic rings. The zero-order valence-corrected chi connectivity index (χ0v) is 13.0. The standard InChI is InChI=1S/C15H16BrN3O/c1-11-3-4-13(16)9-14(11)18-15(20)19(2)10-12-5-7-17-8-6-12/h3-9H,10H2,1-2H3,(H,18,20). The number of hydrogen-bond acceptors (Lipinski definition) is 2. The Morgan fingerprint density at radius 3 is 2.70 bits per heavy atom. The van der Waals surface area contributed by atoms with Crippen molar-refractivity contribution in [3.05, 3.63) is 58.3 Å². The van der Waals surface area contributed by atoms with Crippen molar-refractivity contribution in [2.24, 2.45) is 0 Å². The molecule has 0 aliphatic carbocycles. The molecule has 0 aliphatic rings. The van der Waals surface area contributed by atoms with Crippen LogP contribution in [0.5, 0.6) is 0 Å². The molecular weight excluding hydrogens is 318 g/mol. The predicted octanol–water partition coefficient (Wildman–Crippen LogP) is 3.82. The summed E-state index contributed by atoms with van der Waals surface area (Å²) in [5, 5.41) is 2.91. The molecule has 0 fully saturated rings. The number of pyridine rings is 1. The van der Waals surface area contributed by atoms with Gasteiger partial charge in [-0.2, -0.15) is 0 Å². The van der Waals surface area contributed by atoms with Crippen LogP contribution in [-0.4, -0.2) is 23.0 Å². The zero-order valence-electron chi connectivity index (χ0n) is 11.4. The van der Waals surface area contributed by atoms with Crippen molar-refractivity contribution < 1.29 is 4.79 Å². The summed E-state index contributed by atoms with van der Waals surface area (Å²) in [7, 11) is 1.77. The van der Waals surface area contributed by atoms with E-state index in [0.29, 0.717) is 6.54 Å². The number of aromatic nitrogens is 1. The molecule has 1 heterocycles. The topological polar surface area (TPSA) is 45.2 Å². The Bertz CT molecular complexity index is 601. The van der Waals surface area contributed by atoms with Gasteiger partial charge in [0.15, 0.2) is 0 Å². The van der Waals surface area contributed by atoms with Crippen LogP contribution in [0.2, 0.25) is 0 Å². The minimum atomic E-state index is -0.136. The molecular formula is C15H16BrN3O. The third-order valence-corrected chi connectivity index (χ3v) is 3.45. The maximum atomic E-state index is 12.2. The van der Waals surface area contributed by atoms with Gasteiger partial charge in [-0.05, 0) is 42.3 Å². The molecule has 104 valence electrons. The molecule has 0 saturated heterocycles. The van der Waals surface area contributed by atoms with E-state index >= 15 is 0 Å². The number of hydrogen-bond donors (Lipinski definition) is 1. The molecule has 0 radical (unpaired) electrons. The van der Waals surface area contributed by atoms with Gasteiger partial charge in [0.05, 0.1) is 0 Å². The molecule has 0 aliphatic heterocycles. The lowest BCUT2D eigenvalue weighted by Gasteiger charge is -2.19. The van der Waals surface area contributed by atoms with E-state index in [4.69, 9.17) is 0 Å². The maximum Gasteiger partial charge on any atom is 0.321 e. The van der Waals surface area contributed by atoms with E-state index in [-0.39, 0.29) is 6.03 Å². The van der Waals surface area contributed by atoms with Crippen LogP contribution in [0.1, 0.15) is 11.1 Å². The number of rotatable bonds is 3. The molecule has 0 saturated carbocycles. The summed E-state index contributed by atoms with van der Waals surface area (Å²) in [6.45, 7) is 2.51. The first-order chi connectivity index (χ1) is 9.56. The maximum absolute atomic E-state index is 12.2. The van der Waals surface area contributed by atoms with Crippen molar-refractivity contribution in [2.45, 2.75) is 13.5 Å². The number of nitrogens with zero attached hydrogens (tertiary/aromatic N) is 2. The van der Waals surface area contributed by atoms with E-state index < -0.39 is 0 Å². The quantitative estimate of drug-likeness (QED) is 0.928. The molecule has 4 nitrogen and oxygen atoms in total. The van der Waals surface area contributed by atoms with E-state index in [0.717, 1.165) is 21.3 Å². The molecule has 20 heavy (non-hydrogen) atoms. The number of halogens is 1. The highest BCUT2D eigenvalue weighted by Gasteiger charge is 2.10. The fourth-order valence-corrected chi connectivity index (χ4v) is 2.13. The van der Waals surface area contributed by atoms with Crippen LogP contribution in [-0.2, 0) is 6.54 Å². The average Bonchev–Trinajstić information content (AvgIpc) is 2.44. The molecule has 0 atom stereocenters. The van der Waals surface area contributed by atoms with Crippen LogP contribution < -0.4 is 5.32 Å². The Morgan fingerprint density at radius 1 is 1.30 bits per heavy atom. The van der Waals surface area contributed by atoms with Crippen LogP contribution in [0.25, 0.3) is 0 Å². The second-order valence-corrected chi connectivity index (χ2v) is 5.52. The largest absolute Gasteiger partial charge is 0.323 e. The van der Waals surface area contributed by atoms with Crippen LogP contribution in [0.3, 0.4) is 0 Å². The van der Waals surface area contributed by atoms with Crippen molar-refractivity contribution >= 4 is 27.6 Å². The number of carbonyl (C=O) groups excluding carboxylic acids is 1. The van der Waals surface area contributed by atoms with E-state index in [1.165, 1.54) is 0 Å². The van der Waals surface area contributed by atoms with Crippen molar-refractivity contribution in [1.82, 2.24) is 9.88 Å². The van der Waals surface area contributed by atoms with Gasteiger partial charge in [-0.1, -0.05) is 22.0 Å². The number of anilines is 1. The number of urea groups is 1. The van der Waals surface area contributed by atoms with Crippen LogP contribution in [0.4, 0.5) is 10.5 Å². The molecule has 1 aromatic carbocycles. The average molecular weight is 334 g/mol. The summed E-state index contributed by atoms with van der Waals surface area (Å²) in [6, 6.07) is 9.47. The second-order valence-electron chi connectivity index (χ2n) is 4.60. The van der Waals surface area contributed by atoms with Gasteiger partial charge in [-0.15, -0.1) is 0 Å². The van der Waals surface area contributed by atoms with Gasteiger partial charge in [0.2, 0.25) is 0 Å². The Labute approximate surface area is 127 Å². The van der Waals surface area contributed by atoms with E-state index in [9.17, 15) is 4.79 Å². The lowest BCUT2D eigenvalue weighted by molar-refractivity contribution is 0.220. The normalized spacial score (nSPS) is 10.2. The molecule has 1 aromatic heterocycles. The first kappa shape index (κ1) is 14.5. The SMILES string of the molecule is Cc1ccc(Br)cc1NC(=O)N(C)Cc1ccncc1. The highest BCUT2D eigenvalue weighted by molar-refractivity contribution is 9.10. The van der Waals surface area contributed by atoms with Crippen LogP contribution in [0, 0.1) is 6.92 Å². The van der Waals surface area contributed by atoms with Crippen LogP contribution in [0.15, 0.2) is 47.2 Å². The third-order valence-electron chi connectivity index (χ3n) is 2.96. The Morgan fingerprint density at radius 2 is 2.00 bits per heavy atom. The number of carbonyl (C=O) groups is 1. The summed E-state index contributed by atoms with van der Waals surface area (Å²) in [5.41, 5.74) is 2.88. The second kappa shape index (κ2) is 6.52. The lowest BCUT2D eigenvalue weighted by atomic mass is 10.2. The van der Waals surface area contributed by atoms with Crippen molar-refractivity contribution in [3.63, 3.8) is 0 Å². The lowest BCUT2D eigenvalue weighted by Crippen LogP contribution is -2.31. The summed E-state index contributed by atoms with van der Waals surface area (Å²) in [5.74, 6) is 0. The van der Waals surface area contributed by atoms with Crippen molar-refractivity contribution in [1.29, 1.82) is 0 Å². The zero-order chi connectivity index (χ0) is 14.5. The third kappa shape index (κ3) is 3.81. The highest BCUT2D eigenvalue weighted by Crippen LogP contribution is 2.21. The van der Waals surface area contributed by atoms with E-state index in [2.05, 4.69) is 26.2 Å². The molecule has 2 rings (SSSR count). The number of benzene rings is 1. The molecule has 5 heteroatoms. The summed E-state index contributed by atoms with van der Waals surface area (Å²) >= 11 is 3.41. The minimum Gasteiger partial charge on any atom is -0.323 e. The van der Waals surface area contributed by atoms with Gasteiger partial charge < -0.3 is 10.2 Å². The summed E-state index contributed by atoms with van der Waals surface area (Å²) < 4.78 is 0.940. The predicted molar refractivity (Wildman–Crippen MR) is 83.6 cm³/mol. The van der Waals surface area contributed by atoms with Gasteiger partial charge in [0.1, 0.15) is 0 Å². The molecule has 1 N–H and O–H groups in total. The van der Waals surface area contributed by atoms with E-state index in [1.807, 2.05) is 37.3 Å². The summed E-state index contributed by atoms with van der Waals surface area (Å²) in [6.07, 6.45) is 3.44. The van der Waals surface area contributed by atoms with Crippen molar-refractivity contribution in [2.75, 3.05) is 12.4 Å². The van der Waals surface area contributed by atoms with Gasteiger partial charge in [0.25, 0.3) is 0 Å². The summed E-state index contributed by atoms with van der Waals surface area (Å²) in [4.78, 5) is 17.8. The van der Waals surface area contributed by atoms with Crippen molar-refractivity contribution in [3.8, 4) is 0 Å². The fraction of sp³-hybridized carbons (Fsp3) is 0.200. The number of aryl methyl sites for hydroxylation is 1. The number of amides is 2. The molecule has 2 amide bonds.